The molecule has 0 fully saturated rings. The third-order valence-electron chi connectivity index (χ3n) is 6.34. The van der Waals surface area contributed by atoms with Crippen molar-refractivity contribution in [3.8, 4) is 17.0 Å². The lowest BCUT2D eigenvalue weighted by atomic mass is 9.98. The predicted molar refractivity (Wildman–Crippen MR) is 141 cm³/mol. The van der Waals surface area contributed by atoms with Crippen LogP contribution in [0.2, 0.25) is 0 Å². The number of fused-ring (bicyclic) bond motifs is 1. The summed E-state index contributed by atoms with van der Waals surface area (Å²) in [6, 6.07) is 36.8. The van der Waals surface area contributed by atoms with Crippen LogP contribution in [0.3, 0.4) is 0 Å². The maximum Gasteiger partial charge on any atom is 0.247 e. The van der Waals surface area contributed by atoms with E-state index in [2.05, 4.69) is 42.5 Å². The van der Waals surface area contributed by atoms with Crippen LogP contribution in [-0.2, 0) is 0 Å². The van der Waals surface area contributed by atoms with Crippen molar-refractivity contribution in [3.05, 3.63) is 120 Å². The number of ether oxygens (including phenoxy) is 1. The van der Waals surface area contributed by atoms with Gasteiger partial charge >= 0.3 is 0 Å². The van der Waals surface area contributed by atoms with Crippen LogP contribution in [0.1, 0.15) is 23.6 Å². The molecule has 0 unspecified atom stereocenters. The average Bonchev–Trinajstić information content (AvgIpc) is 3.39. The summed E-state index contributed by atoms with van der Waals surface area (Å²) < 4.78 is 5.51. The van der Waals surface area contributed by atoms with Crippen LogP contribution in [0, 0.1) is 0 Å². The van der Waals surface area contributed by atoms with Crippen LogP contribution in [0.25, 0.3) is 22.2 Å². The monoisotopic (exact) mass is 456 g/mol. The summed E-state index contributed by atoms with van der Waals surface area (Å²) in [5.41, 5.74) is 6.07. The van der Waals surface area contributed by atoms with Gasteiger partial charge in [-0.15, -0.1) is 0 Å². The van der Waals surface area contributed by atoms with Crippen LogP contribution in [-0.4, -0.2) is 22.8 Å². The van der Waals surface area contributed by atoms with E-state index in [1.165, 1.54) is 0 Å². The van der Waals surface area contributed by atoms with E-state index < -0.39 is 0 Å². The number of rotatable bonds is 5. The van der Waals surface area contributed by atoms with Gasteiger partial charge in [0.2, 0.25) is 5.95 Å². The molecule has 0 amide bonds. The summed E-state index contributed by atoms with van der Waals surface area (Å²) >= 11 is 0. The zero-order valence-corrected chi connectivity index (χ0v) is 19.4. The first kappa shape index (κ1) is 21.1. The molecule has 1 atom stereocenters. The van der Waals surface area contributed by atoms with Crippen LogP contribution < -0.4 is 9.75 Å². The molecular formula is C30H24N4O. The first-order valence-electron chi connectivity index (χ1n) is 11.7. The molecule has 5 aromatic rings. The number of benzene rings is 4. The van der Waals surface area contributed by atoms with E-state index >= 15 is 0 Å². The SMILES string of the molecule is COc1cccc([C@H]2CC(c3ccccc3)=NN2c2nc(-c3ccccc3)c3ccccc3n2)c1. The maximum atomic E-state index is 5.51. The number of nitrogens with zero attached hydrogens (tertiary/aromatic N) is 4. The summed E-state index contributed by atoms with van der Waals surface area (Å²) in [6.07, 6.45) is 0.744. The summed E-state index contributed by atoms with van der Waals surface area (Å²) in [6.45, 7) is 0. The van der Waals surface area contributed by atoms with Gasteiger partial charge in [0.15, 0.2) is 0 Å². The molecule has 6 rings (SSSR count). The number of para-hydroxylation sites is 1. The van der Waals surface area contributed by atoms with E-state index in [9.17, 15) is 0 Å². The molecule has 0 bridgehead atoms. The van der Waals surface area contributed by atoms with Crippen LogP contribution in [0.15, 0.2) is 114 Å². The van der Waals surface area contributed by atoms with E-state index in [0.717, 1.165) is 51.2 Å². The van der Waals surface area contributed by atoms with Gasteiger partial charge in [0.25, 0.3) is 0 Å². The summed E-state index contributed by atoms with van der Waals surface area (Å²) in [5, 5.41) is 8.06. The second kappa shape index (κ2) is 9.03. The maximum absolute atomic E-state index is 5.51. The van der Waals surface area contributed by atoms with Gasteiger partial charge in [0, 0.05) is 17.4 Å². The van der Waals surface area contributed by atoms with Gasteiger partial charge in [0.1, 0.15) is 5.75 Å². The third-order valence-corrected chi connectivity index (χ3v) is 6.34. The third kappa shape index (κ3) is 4.02. The van der Waals surface area contributed by atoms with Crippen molar-refractivity contribution in [2.24, 2.45) is 5.10 Å². The smallest absolute Gasteiger partial charge is 0.247 e. The van der Waals surface area contributed by atoms with E-state index in [0.29, 0.717) is 5.95 Å². The van der Waals surface area contributed by atoms with Gasteiger partial charge in [-0.25, -0.2) is 15.0 Å². The van der Waals surface area contributed by atoms with Crippen molar-refractivity contribution in [2.45, 2.75) is 12.5 Å². The number of hydrogen-bond acceptors (Lipinski definition) is 5. The van der Waals surface area contributed by atoms with E-state index in [-0.39, 0.29) is 6.04 Å². The van der Waals surface area contributed by atoms with Gasteiger partial charge in [-0.1, -0.05) is 91.0 Å². The highest BCUT2D eigenvalue weighted by molar-refractivity contribution is 6.03. The topological polar surface area (TPSA) is 50.6 Å². The first-order valence-corrected chi connectivity index (χ1v) is 11.7. The summed E-state index contributed by atoms with van der Waals surface area (Å²) in [5.74, 6) is 1.40. The first-order chi connectivity index (χ1) is 17.3. The lowest BCUT2D eigenvalue weighted by Crippen LogP contribution is -2.21. The van der Waals surface area contributed by atoms with Gasteiger partial charge < -0.3 is 4.74 Å². The van der Waals surface area contributed by atoms with Crippen molar-refractivity contribution >= 4 is 22.6 Å². The normalized spacial score (nSPS) is 15.3. The Morgan fingerprint density at radius 3 is 2.23 bits per heavy atom. The highest BCUT2D eigenvalue weighted by atomic mass is 16.5. The highest BCUT2D eigenvalue weighted by Gasteiger charge is 2.32. The molecule has 35 heavy (non-hydrogen) atoms. The Balaban J connectivity index is 1.53. The molecule has 0 saturated carbocycles. The second-order valence-corrected chi connectivity index (χ2v) is 8.51. The van der Waals surface area contributed by atoms with Gasteiger partial charge in [-0.2, -0.15) is 5.10 Å². The Kier molecular flexibility index (Phi) is 5.43. The van der Waals surface area contributed by atoms with E-state index in [1.54, 1.807) is 7.11 Å². The Bertz CT molecular complexity index is 1520. The van der Waals surface area contributed by atoms with Crippen molar-refractivity contribution < 1.29 is 4.74 Å². The van der Waals surface area contributed by atoms with Crippen LogP contribution in [0.5, 0.6) is 5.75 Å². The highest BCUT2D eigenvalue weighted by Crippen LogP contribution is 2.38. The zero-order valence-electron chi connectivity index (χ0n) is 19.4. The predicted octanol–water partition coefficient (Wildman–Crippen LogP) is 6.66. The minimum Gasteiger partial charge on any atom is -0.497 e. The Morgan fingerprint density at radius 1 is 0.743 bits per heavy atom. The number of methoxy groups -OCH3 is 1. The van der Waals surface area contributed by atoms with E-state index in [4.69, 9.17) is 19.8 Å². The Hall–Kier alpha value is -4.51. The lowest BCUT2D eigenvalue weighted by Gasteiger charge is -2.23. The molecule has 5 heteroatoms. The molecule has 4 aromatic carbocycles. The number of aromatic nitrogens is 2. The number of hydrazone groups is 1. The standard InChI is InChI=1S/C30H24N4O/c1-35-24-16-10-15-23(19-24)28-20-27(21-11-4-2-5-12-21)33-34(28)30-31-26-18-9-8-17-25(26)29(32-30)22-13-6-3-7-14-22/h2-19,28H,20H2,1H3/t28-/m1/s1. The van der Waals surface area contributed by atoms with Crippen molar-refractivity contribution in [1.82, 2.24) is 9.97 Å². The molecule has 0 N–H and O–H groups in total. The fourth-order valence-corrected chi connectivity index (χ4v) is 4.59. The van der Waals surface area contributed by atoms with Gasteiger partial charge in [0.05, 0.1) is 30.1 Å². The Morgan fingerprint density at radius 2 is 1.46 bits per heavy atom. The molecule has 5 nitrogen and oxygen atoms in total. The molecule has 0 saturated heterocycles. The second-order valence-electron chi connectivity index (χ2n) is 8.51. The van der Waals surface area contributed by atoms with Gasteiger partial charge in [-0.05, 0) is 29.3 Å². The average molecular weight is 457 g/mol. The molecular weight excluding hydrogens is 432 g/mol. The van der Waals surface area contributed by atoms with Gasteiger partial charge in [-0.3, -0.25) is 0 Å². The largest absolute Gasteiger partial charge is 0.497 e. The summed E-state index contributed by atoms with van der Waals surface area (Å²) in [4.78, 5) is 10.0. The molecule has 1 aliphatic rings. The molecule has 2 heterocycles. The number of anilines is 1. The van der Waals surface area contributed by atoms with Crippen molar-refractivity contribution in [3.63, 3.8) is 0 Å². The molecule has 0 spiro atoms. The minimum absolute atomic E-state index is 0.0508. The van der Waals surface area contributed by atoms with Crippen molar-refractivity contribution in [2.75, 3.05) is 12.1 Å². The summed E-state index contributed by atoms with van der Waals surface area (Å²) in [7, 11) is 1.69. The fraction of sp³-hybridized carbons (Fsp3) is 0.100. The van der Waals surface area contributed by atoms with Crippen molar-refractivity contribution in [1.29, 1.82) is 0 Å². The minimum atomic E-state index is -0.0508. The molecule has 170 valence electrons. The molecule has 1 aromatic heterocycles. The zero-order chi connectivity index (χ0) is 23.6. The Labute approximate surface area is 204 Å². The lowest BCUT2D eigenvalue weighted by molar-refractivity contribution is 0.414. The fourth-order valence-electron chi connectivity index (χ4n) is 4.59. The van der Waals surface area contributed by atoms with Crippen LogP contribution >= 0.6 is 0 Å². The quantitative estimate of drug-likeness (QED) is 0.297. The molecule has 1 aliphatic heterocycles. The van der Waals surface area contributed by atoms with E-state index in [1.807, 2.05) is 71.7 Å². The number of hydrogen-bond donors (Lipinski definition) is 0. The van der Waals surface area contributed by atoms with Crippen LogP contribution in [0.4, 0.5) is 5.95 Å². The molecule has 0 radical (unpaired) electrons. The molecule has 0 aliphatic carbocycles.